The van der Waals surface area contributed by atoms with Crippen LogP contribution in [-0.4, -0.2) is 38.0 Å². The average molecular weight is 505 g/mol. The Labute approximate surface area is 201 Å². The van der Waals surface area contributed by atoms with Gasteiger partial charge in [0.05, 0.1) is 6.10 Å². The summed E-state index contributed by atoms with van der Waals surface area (Å²) in [7, 11) is 0. The van der Waals surface area contributed by atoms with Crippen molar-refractivity contribution in [1.29, 1.82) is 0 Å². The zero-order valence-electron chi connectivity index (χ0n) is 19.5. The summed E-state index contributed by atoms with van der Waals surface area (Å²) in [5.74, 6) is 0.105. The molecule has 1 fully saturated rings. The highest BCUT2D eigenvalue weighted by Crippen LogP contribution is 2.37. The summed E-state index contributed by atoms with van der Waals surface area (Å²) in [5, 5.41) is 0. The maximum atomic E-state index is 13.4. The van der Waals surface area contributed by atoms with E-state index in [-0.39, 0.29) is 6.10 Å². The maximum absolute atomic E-state index is 13.4. The fraction of sp³-hybridized carbons (Fsp3) is 0.538. The van der Waals surface area contributed by atoms with Gasteiger partial charge in [0, 0.05) is 6.61 Å². The largest absolute Gasteiger partial charge is 0.439 e. The molecule has 1 atom stereocenters. The van der Waals surface area contributed by atoms with Gasteiger partial charge in [0.1, 0.15) is 12.5 Å². The van der Waals surface area contributed by atoms with Crippen LogP contribution in [0.1, 0.15) is 44.6 Å². The second-order valence-electron chi connectivity index (χ2n) is 8.75. The number of benzene rings is 2. The van der Waals surface area contributed by atoms with Crippen molar-refractivity contribution in [2.75, 3.05) is 13.4 Å². The Bertz CT molecular complexity index is 891. The SMILES string of the molecule is CCOCOC1CCC(CCc2ccc(-c3ccc(OC(F)(F)C(F)C(F)(F)F)cc3)cc2)CC1. The summed E-state index contributed by atoms with van der Waals surface area (Å²) in [4.78, 5) is 0. The molecule has 0 aromatic heterocycles. The summed E-state index contributed by atoms with van der Waals surface area (Å²) in [6.45, 7) is 2.95. The quantitative estimate of drug-likeness (QED) is 0.178. The first kappa shape index (κ1) is 27.3. The molecule has 3 rings (SSSR count). The molecule has 0 bridgehead atoms. The Hall–Kier alpha value is -2.26. The number of alkyl halides is 6. The lowest BCUT2D eigenvalue weighted by Gasteiger charge is -2.28. The lowest BCUT2D eigenvalue weighted by molar-refractivity contribution is -0.304. The minimum atomic E-state index is -5.72. The molecule has 2 aromatic carbocycles. The Morgan fingerprint density at radius 3 is 1.97 bits per heavy atom. The molecule has 9 heteroatoms. The summed E-state index contributed by atoms with van der Waals surface area (Å²) in [6, 6.07) is 12.9. The average Bonchev–Trinajstić information content (AvgIpc) is 2.83. The molecule has 0 amide bonds. The summed E-state index contributed by atoms with van der Waals surface area (Å²) < 4.78 is 91.5. The number of hydrogen-bond donors (Lipinski definition) is 0. The van der Waals surface area contributed by atoms with Crippen LogP contribution < -0.4 is 4.74 Å². The van der Waals surface area contributed by atoms with Crippen LogP contribution in [0.2, 0.25) is 0 Å². The smallest absolute Gasteiger partial charge is 0.430 e. The third-order valence-corrected chi connectivity index (χ3v) is 6.20. The van der Waals surface area contributed by atoms with Crippen molar-refractivity contribution in [3.63, 3.8) is 0 Å². The summed E-state index contributed by atoms with van der Waals surface area (Å²) >= 11 is 0. The van der Waals surface area contributed by atoms with Crippen LogP contribution in [-0.2, 0) is 15.9 Å². The third-order valence-electron chi connectivity index (χ3n) is 6.20. The van der Waals surface area contributed by atoms with Gasteiger partial charge < -0.3 is 14.2 Å². The highest BCUT2D eigenvalue weighted by atomic mass is 19.4. The van der Waals surface area contributed by atoms with Crippen LogP contribution in [0.15, 0.2) is 48.5 Å². The van der Waals surface area contributed by atoms with Gasteiger partial charge in [-0.3, -0.25) is 0 Å². The zero-order valence-corrected chi connectivity index (χ0v) is 19.5. The Kier molecular flexibility index (Phi) is 9.47. The summed E-state index contributed by atoms with van der Waals surface area (Å²) in [6.07, 6.45) is -8.47. The van der Waals surface area contributed by atoms with E-state index in [1.807, 2.05) is 31.2 Å². The monoisotopic (exact) mass is 504 g/mol. The first-order chi connectivity index (χ1) is 16.6. The molecule has 2 aromatic rings. The molecule has 0 spiro atoms. The van der Waals surface area contributed by atoms with Crippen LogP contribution >= 0.6 is 0 Å². The topological polar surface area (TPSA) is 27.7 Å². The van der Waals surface area contributed by atoms with E-state index < -0.39 is 24.2 Å². The predicted molar refractivity (Wildman–Crippen MR) is 120 cm³/mol. The first-order valence-electron chi connectivity index (χ1n) is 11.7. The fourth-order valence-corrected chi connectivity index (χ4v) is 4.16. The zero-order chi connectivity index (χ0) is 25.5. The fourth-order valence-electron chi connectivity index (χ4n) is 4.16. The van der Waals surface area contributed by atoms with E-state index in [0.717, 1.165) is 56.2 Å². The maximum Gasteiger partial charge on any atom is 0.439 e. The van der Waals surface area contributed by atoms with Crippen molar-refractivity contribution in [3.8, 4) is 16.9 Å². The molecule has 35 heavy (non-hydrogen) atoms. The van der Waals surface area contributed by atoms with Crippen LogP contribution in [0.3, 0.4) is 0 Å². The van der Waals surface area contributed by atoms with E-state index in [1.54, 1.807) is 0 Å². The normalized spacial score (nSPS) is 20.0. The lowest BCUT2D eigenvalue weighted by atomic mass is 9.83. The molecule has 1 aliphatic carbocycles. The van der Waals surface area contributed by atoms with E-state index in [1.165, 1.54) is 17.7 Å². The summed E-state index contributed by atoms with van der Waals surface area (Å²) in [5.41, 5.74) is 2.67. The van der Waals surface area contributed by atoms with E-state index in [2.05, 4.69) is 4.74 Å². The molecule has 1 aliphatic rings. The van der Waals surface area contributed by atoms with Crippen molar-refractivity contribution in [1.82, 2.24) is 0 Å². The number of rotatable bonds is 11. The van der Waals surface area contributed by atoms with Crippen LogP contribution in [0.25, 0.3) is 11.1 Å². The van der Waals surface area contributed by atoms with E-state index in [4.69, 9.17) is 9.47 Å². The van der Waals surface area contributed by atoms with Gasteiger partial charge in [-0.15, -0.1) is 0 Å². The number of ether oxygens (including phenoxy) is 3. The van der Waals surface area contributed by atoms with Crippen LogP contribution in [0.5, 0.6) is 5.75 Å². The van der Waals surface area contributed by atoms with Crippen molar-refractivity contribution in [2.45, 2.75) is 70.0 Å². The Morgan fingerprint density at radius 1 is 0.857 bits per heavy atom. The number of halogens is 6. The number of hydrogen-bond acceptors (Lipinski definition) is 3. The van der Waals surface area contributed by atoms with Gasteiger partial charge in [-0.05, 0) is 80.2 Å². The Morgan fingerprint density at radius 2 is 1.43 bits per heavy atom. The lowest BCUT2D eigenvalue weighted by Crippen LogP contribution is -2.45. The molecule has 0 heterocycles. The van der Waals surface area contributed by atoms with Gasteiger partial charge >= 0.3 is 12.3 Å². The van der Waals surface area contributed by atoms with Gasteiger partial charge in [0.15, 0.2) is 0 Å². The molecule has 0 N–H and O–H groups in total. The highest BCUT2D eigenvalue weighted by Gasteiger charge is 2.59. The van der Waals surface area contributed by atoms with E-state index in [0.29, 0.717) is 24.9 Å². The van der Waals surface area contributed by atoms with Gasteiger partial charge in [-0.2, -0.15) is 22.0 Å². The molecule has 194 valence electrons. The molecular weight excluding hydrogens is 474 g/mol. The van der Waals surface area contributed by atoms with Crippen molar-refractivity contribution < 1.29 is 40.6 Å². The molecule has 0 aliphatic heterocycles. The molecule has 3 nitrogen and oxygen atoms in total. The van der Waals surface area contributed by atoms with Gasteiger partial charge in [0.2, 0.25) is 0 Å². The molecular formula is C26H30F6O3. The molecule has 0 saturated heterocycles. The third kappa shape index (κ3) is 8.14. The number of aryl methyl sites for hydroxylation is 1. The minimum Gasteiger partial charge on any atom is -0.430 e. The van der Waals surface area contributed by atoms with Gasteiger partial charge in [-0.25, -0.2) is 4.39 Å². The van der Waals surface area contributed by atoms with Crippen molar-refractivity contribution >= 4 is 0 Å². The van der Waals surface area contributed by atoms with Crippen LogP contribution in [0.4, 0.5) is 26.3 Å². The van der Waals surface area contributed by atoms with E-state index in [9.17, 15) is 26.3 Å². The molecule has 1 unspecified atom stereocenters. The standard InChI is InChI=1S/C26H30F6O3/c1-2-33-17-34-22-13-7-19(8-14-22)4-3-18-5-9-20(10-6-18)21-11-15-23(16-12-21)35-26(31,32)24(27)25(28,29)30/h5-6,9-12,15-16,19,22,24H,2-4,7-8,13-14,17H2,1H3. The minimum absolute atomic E-state index is 0.281. The van der Waals surface area contributed by atoms with Gasteiger partial charge in [0.25, 0.3) is 6.17 Å². The second-order valence-corrected chi connectivity index (χ2v) is 8.75. The van der Waals surface area contributed by atoms with Crippen LogP contribution in [0, 0.1) is 5.92 Å². The highest BCUT2D eigenvalue weighted by molar-refractivity contribution is 5.64. The van der Waals surface area contributed by atoms with Crippen molar-refractivity contribution in [3.05, 3.63) is 54.1 Å². The Balaban J connectivity index is 1.48. The predicted octanol–water partition coefficient (Wildman–Crippen LogP) is 7.73. The van der Waals surface area contributed by atoms with Gasteiger partial charge in [-0.1, -0.05) is 36.4 Å². The van der Waals surface area contributed by atoms with Crippen molar-refractivity contribution in [2.24, 2.45) is 5.92 Å². The molecule has 1 saturated carbocycles. The van der Waals surface area contributed by atoms with E-state index >= 15 is 0 Å². The first-order valence-corrected chi connectivity index (χ1v) is 11.7. The second kappa shape index (κ2) is 12.1. The molecule has 0 radical (unpaired) electrons.